The van der Waals surface area contributed by atoms with Crippen LogP contribution in [0.2, 0.25) is 0 Å². The summed E-state index contributed by atoms with van der Waals surface area (Å²) in [7, 11) is 0. The highest BCUT2D eigenvalue weighted by atomic mass is 16.3. The quantitative estimate of drug-likeness (QED) is 0.508. The van der Waals surface area contributed by atoms with Gasteiger partial charge in [0.2, 0.25) is 0 Å². The van der Waals surface area contributed by atoms with E-state index in [0.717, 1.165) is 19.5 Å². The molecule has 1 aliphatic heterocycles. The monoisotopic (exact) mass is 131 g/mol. The van der Waals surface area contributed by atoms with Crippen molar-refractivity contribution in [1.29, 1.82) is 0 Å². The Labute approximate surface area is 57.3 Å². The molecular formula is C7H17NO. The van der Waals surface area contributed by atoms with Gasteiger partial charge in [0, 0.05) is 6.54 Å². The molecule has 0 radical (unpaired) electrons. The minimum Gasteiger partial charge on any atom is -0.389 e. The van der Waals surface area contributed by atoms with Gasteiger partial charge in [-0.15, -0.1) is 0 Å². The fourth-order valence-electron chi connectivity index (χ4n) is 0.804. The first-order chi connectivity index (χ1) is 4.21. The Bertz CT molecular complexity index is 63.3. The molecule has 0 amide bonds. The van der Waals surface area contributed by atoms with Crippen LogP contribution < -0.4 is 5.32 Å². The number of β-amino-alcohol motifs (C(OH)–C–C–N with tert-alkyl or cyclic N) is 1. The van der Waals surface area contributed by atoms with E-state index in [0.29, 0.717) is 0 Å². The molecule has 1 fully saturated rings. The highest BCUT2D eigenvalue weighted by Gasteiger charge is 2.23. The second-order valence-corrected chi connectivity index (χ2v) is 2.42. The second-order valence-electron chi connectivity index (χ2n) is 2.42. The van der Waals surface area contributed by atoms with Crippen molar-refractivity contribution in [1.82, 2.24) is 5.32 Å². The second kappa shape index (κ2) is 3.85. The zero-order chi connectivity index (χ0) is 7.33. The molecule has 56 valence electrons. The van der Waals surface area contributed by atoms with E-state index >= 15 is 0 Å². The summed E-state index contributed by atoms with van der Waals surface area (Å²) in [6.45, 7) is 7.58. The normalized spacial score (nSPS) is 33.3. The van der Waals surface area contributed by atoms with Crippen LogP contribution >= 0.6 is 0 Å². The third-order valence-corrected chi connectivity index (χ3v) is 1.35. The Kier molecular flexibility index (Phi) is 3.82. The lowest BCUT2D eigenvalue weighted by Crippen LogP contribution is -2.26. The first kappa shape index (κ1) is 8.92. The fourth-order valence-corrected chi connectivity index (χ4v) is 0.804. The van der Waals surface area contributed by atoms with Crippen LogP contribution in [0.25, 0.3) is 0 Å². The Morgan fingerprint density at radius 1 is 1.44 bits per heavy atom. The van der Waals surface area contributed by atoms with Crippen molar-refractivity contribution in [3.63, 3.8) is 0 Å². The van der Waals surface area contributed by atoms with Crippen molar-refractivity contribution >= 4 is 0 Å². The minimum absolute atomic E-state index is 0.417. The number of nitrogens with one attached hydrogen (secondary N) is 1. The predicted molar refractivity (Wildman–Crippen MR) is 39.5 cm³/mol. The van der Waals surface area contributed by atoms with Gasteiger partial charge in [-0.05, 0) is 19.9 Å². The van der Waals surface area contributed by atoms with Crippen molar-refractivity contribution in [3.05, 3.63) is 0 Å². The molecule has 1 saturated heterocycles. The molecule has 1 aliphatic rings. The van der Waals surface area contributed by atoms with E-state index in [1.54, 1.807) is 0 Å². The molecule has 9 heavy (non-hydrogen) atoms. The maximum atomic E-state index is 9.13. The van der Waals surface area contributed by atoms with Crippen LogP contribution in [0.5, 0.6) is 0 Å². The average molecular weight is 131 g/mol. The molecule has 0 aliphatic carbocycles. The minimum atomic E-state index is -0.417. The molecule has 1 rings (SSSR count). The third kappa shape index (κ3) is 3.49. The van der Waals surface area contributed by atoms with Gasteiger partial charge in [-0.2, -0.15) is 0 Å². The highest BCUT2D eigenvalue weighted by Crippen LogP contribution is 2.10. The molecule has 1 heterocycles. The Morgan fingerprint density at radius 3 is 2.11 bits per heavy atom. The molecule has 0 spiro atoms. The van der Waals surface area contributed by atoms with Crippen LogP contribution in [0.1, 0.15) is 27.2 Å². The zero-order valence-electron chi connectivity index (χ0n) is 6.57. The smallest absolute Gasteiger partial charge is 0.0755 e. The van der Waals surface area contributed by atoms with Crippen molar-refractivity contribution in [2.24, 2.45) is 0 Å². The van der Waals surface area contributed by atoms with Crippen LogP contribution in [0.3, 0.4) is 0 Å². The van der Waals surface area contributed by atoms with Gasteiger partial charge in [0.25, 0.3) is 0 Å². The Balaban J connectivity index is 0.000000291. The molecular weight excluding hydrogens is 114 g/mol. The lowest BCUT2D eigenvalue weighted by atomic mass is 10.1. The summed E-state index contributed by atoms with van der Waals surface area (Å²) in [5.74, 6) is 0. The van der Waals surface area contributed by atoms with Gasteiger partial charge < -0.3 is 10.4 Å². The lowest BCUT2D eigenvalue weighted by Gasteiger charge is -2.11. The molecule has 0 aromatic carbocycles. The van der Waals surface area contributed by atoms with Crippen LogP contribution in [0.4, 0.5) is 0 Å². The van der Waals surface area contributed by atoms with Crippen molar-refractivity contribution in [2.45, 2.75) is 32.8 Å². The summed E-state index contributed by atoms with van der Waals surface area (Å²) < 4.78 is 0. The molecule has 0 aromatic rings. The number of hydrogen-bond donors (Lipinski definition) is 2. The third-order valence-electron chi connectivity index (χ3n) is 1.35. The molecule has 2 heteroatoms. The molecule has 0 aromatic heterocycles. The predicted octanol–water partition coefficient (Wildman–Crippen LogP) is 0.757. The van der Waals surface area contributed by atoms with Gasteiger partial charge >= 0.3 is 0 Å². The number of aliphatic hydroxyl groups is 1. The lowest BCUT2D eigenvalue weighted by molar-refractivity contribution is 0.0820. The molecule has 2 N–H and O–H groups in total. The van der Waals surface area contributed by atoms with E-state index in [4.69, 9.17) is 5.11 Å². The van der Waals surface area contributed by atoms with Gasteiger partial charge in [-0.25, -0.2) is 0 Å². The van der Waals surface area contributed by atoms with Gasteiger partial charge in [-0.1, -0.05) is 13.8 Å². The highest BCUT2D eigenvalue weighted by molar-refractivity contribution is 4.82. The molecule has 2 nitrogen and oxygen atoms in total. The Hall–Kier alpha value is -0.0800. The fraction of sp³-hybridized carbons (Fsp3) is 1.00. The van der Waals surface area contributed by atoms with E-state index in [9.17, 15) is 0 Å². The SMILES string of the molecule is CC.CC1(O)CCNC1. The summed E-state index contributed by atoms with van der Waals surface area (Å²) >= 11 is 0. The van der Waals surface area contributed by atoms with Gasteiger partial charge in [-0.3, -0.25) is 0 Å². The van der Waals surface area contributed by atoms with Crippen molar-refractivity contribution in [3.8, 4) is 0 Å². The van der Waals surface area contributed by atoms with Gasteiger partial charge in [0.15, 0.2) is 0 Å². The first-order valence-electron chi connectivity index (χ1n) is 3.64. The number of rotatable bonds is 0. The van der Waals surface area contributed by atoms with Crippen LogP contribution in [0.15, 0.2) is 0 Å². The average Bonchev–Trinajstić information content (AvgIpc) is 2.19. The summed E-state index contributed by atoms with van der Waals surface area (Å²) in [5, 5.41) is 12.2. The van der Waals surface area contributed by atoms with E-state index in [1.165, 1.54) is 0 Å². The summed E-state index contributed by atoms with van der Waals surface area (Å²) in [4.78, 5) is 0. The maximum absolute atomic E-state index is 9.13. The van der Waals surface area contributed by atoms with Crippen molar-refractivity contribution < 1.29 is 5.11 Å². The van der Waals surface area contributed by atoms with Crippen LogP contribution in [0, 0.1) is 0 Å². The zero-order valence-corrected chi connectivity index (χ0v) is 6.57. The van der Waals surface area contributed by atoms with E-state index in [1.807, 2.05) is 20.8 Å². The Morgan fingerprint density at radius 2 is 2.00 bits per heavy atom. The number of hydrogen-bond acceptors (Lipinski definition) is 2. The maximum Gasteiger partial charge on any atom is 0.0755 e. The topological polar surface area (TPSA) is 32.3 Å². The van der Waals surface area contributed by atoms with Crippen LogP contribution in [-0.2, 0) is 0 Å². The van der Waals surface area contributed by atoms with Crippen molar-refractivity contribution in [2.75, 3.05) is 13.1 Å². The van der Waals surface area contributed by atoms with Crippen LogP contribution in [-0.4, -0.2) is 23.8 Å². The summed E-state index contributed by atoms with van der Waals surface area (Å²) in [6.07, 6.45) is 0.896. The van der Waals surface area contributed by atoms with E-state index in [-0.39, 0.29) is 0 Å². The summed E-state index contributed by atoms with van der Waals surface area (Å²) in [5.41, 5.74) is -0.417. The van der Waals surface area contributed by atoms with E-state index < -0.39 is 5.60 Å². The van der Waals surface area contributed by atoms with E-state index in [2.05, 4.69) is 5.32 Å². The largest absolute Gasteiger partial charge is 0.389 e. The molecule has 1 atom stereocenters. The first-order valence-corrected chi connectivity index (χ1v) is 3.64. The molecule has 0 bridgehead atoms. The van der Waals surface area contributed by atoms with Gasteiger partial charge in [0.05, 0.1) is 5.60 Å². The molecule has 1 unspecified atom stereocenters. The standard InChI is InChI=1S/C5H11NO.C2H6/c1-5(7)2-3-6-4-5;1-2/h6-7H,2-4H2,1H3;1-2H3. The molecule has 0 saturated carbocycles. The summed E-state index contributed by atoms with van der Waals surface area (Å²) in [6, 6.07) is 0. The van der Waals surface area contributed by atoms with Gasteiger partial charge in [0.1, 0.15) is 0 Å².